The van der Waals surface area contributed by atoms with Crippen molar-refractivity contribution in [1.29, 1.82) is 0 Å². The maximum Gasteiger partial charge on any atom is 0.169 e. The summed E-state index contributed by atoms with van der Waals surface area (Å²) >= 11 is 4.14. The van der Waals surface area contributed by atoms with Gasteiger partial charge in [0.2, 0.25) is 0 Å². The SMILES string of the molecule is CCCCCCCCCCCC[n+]1ccc(CSCCSCc2cc[n+](CCCCCCCCCCCC)cc2)cc1.[Br-].[Br-]. The molecular weight excluding hydrogens is 708 g/mol. The zero-order chi connectivity index (χ0) is 29.8. The van der Waals surface area contributed by atoms with Crippen molar-refractivity contribution in [3.8, 4) is 0 Å². The van der Waals surface area contributed by atoms with Gasteiger partial charge in [-0.1, -0.05) is 117 Å². The number of nitrogens with zero attached hydrogens (tertiary/aromatic N) is 2. The molecule has 0 aliphatic carbocycles. The summed E-state index contributed by atoms with van der Waals surface area (Å²) in [5, 5.41) is 0. The zero-order valence-electron chi connectivity index (χ0n) is 28.5. The fraction of sp³-hybridized carbons (Fsp3) is 0.737. The lowest BCUT2D eigenvalue weighted by molar-refractivity contribution is -0.697. The molecule has 2 rings (SSSR count). The Morgan fingerprint density at radius 2 is 0.682 bits per heavy atom. The topological polar surface area (TPSA) is 7.76 Å². The van der Waals surface area contributed by atoms with E-state index in [-0.39, 0.29) is 34.0 Å². The highest BCUT2D eigenvalue weighted by atomic mass is 79.9. The van der Waals surface area contributed by atoms with E-state index in [4.69, 9.17) is 0 Å². The van der Waals surface area contributed by atoms with E-state index in [0.717, 1.165) is 11.5 Å². The van der Waals surface area contributed by atoms with Crippen molar-refractivity contribution in [3.63, 3.8) is 0 Å². The molecule has 6 heteroatoms. The van der Waals surface area contributed by atoms with Gasteiger partial charge in [0.15, 0.2) is 24.8 Å². The van der Waals surface area contributed by atoms with E-state index < -0.39 is 0 Å². The van der Waals surface area contributed by atoms with Gasteiger partial charge in [-0.05, 0) is 24.0 Å². The second kappa shape index (κ2) is 32.9. The molecule has 0 fully saturated rings. The summed E-state index contributed by atoms with van der Waals surface area (Å²) in [7, 11) is 0. The Morgan fingerprint density at radius 1 is 0.409 bits per heavy atom. The van der Waals surface area contributed by atoms with E-state index in [2.05, 4.69) is 95.6 Å². The molecule has 2 aromatic heterocycles. The number of hydrogen-bond donors (Lipinski definition) is 0. The molecule has 2 nitrogen and oxygen atoms in total. The highest BCUT2D eigenvalue weighted by Crippen LogP contribution is 2.17. The predicted molar refractivity (Wildman–Crippen MR) is 189 cm³/mol. The summed E-state index contributed by atoms with van der Waals surface area (Å²) in [6, 6.07) is 9.30. The summed E-state index contributed by atoms with van der Waals surface area (Å²) in [6.07, 6.45) is 37.3. The number of aryl methyl sites for hydroxylation is 2. The van der Waals surface area contributed by atoms with Gasteiger partial charge in [-0.2, -0.15) is 23.5 Å². The largest absolute Gasteiger partial charge is 1.00 e. The number of unbranched alkanes of at least 4 members (excludes halogenated alkanes) is 18. The van der Waals surface area contributed by atoms with Crippen LogP contribution in [0.3, 0.4) is 0 Å². The van der Waals surface area contributed by atoms with Crippen molar-refractivity contribution in [3.05, 3.63) is 60.2 Å². The molecule has 0 spiro atoms. The number of pyridine rings is 2. The van der Waals surface area contributed by atoms with Gasteiger partial charge in [-0.15, -0.1) is 0 Å². The normalized spacial score (nSPS) is 10.9. The maximum atomic E-state index is 2.37. The van der Waals surface area contributed by atoms with E-state index in [9.17, 15) is 0 Å². The average molecular weight is 775 g/mol. The minimum atomic E-state index is 0. The molecule has 2 heterocycles. The van der Waals surface area contributed by atoms with Crippen molar-refractivity contribution in [2.45, 2.75) is 167 Å². The molecule has 2 aromatic rings. The second-order valence-electron chi connectivity index (χ2n) is 12.4. The molecule has 0 saturated heterocycles. The van der Waals surface area contributed by atoms with Gasteiger partial charge in [0.25, 0.3) is 0 Å². The van der Waals surface area contributed by atoms with Gasteiger partial charge in [0.05, 0.1) is 0 Å². The number of aromatic nitrogens is 2. The Hall–Kier alpha value is -0.0400. The van der Waals surface area contributed by atoms with Crippen LogP contribution < -0.4 is 43.1 Å². The van der Waals surface area contributed by atoms with Gasteiger partial charge in [0, 0.05) is 60.1 Å². The van der Waals surface area contributed by atoms with Crippen LogP contribution in [0.1, 0.15) is 153 Å². The van der Waals surface area contributed by atoms with E-state index in [1.54, 1.807) is 0 Å². The molecule has 0 unspecified atom stereocenters. The van der Waals surface area contributed by atoms with Crippen LogP contribution >= 0.6 is 23.5 Å². The van der Waals surface area contributed by atoms with Crippen LogP contribution in [0, 0.1) is 0 Å². The monoisotopic (exact) mass is 772 g/mol. The molecule has 0 aliphatic rings. The van der Waals surface area contributed by atoms with Crippen LogP contribution in [-0.4, -0.2) is 11.5 Å². The van der Waals surface area contributed by atoms with Crippen LogP contribution in [-0.2, 0) is 24.6 Å². The minimum absolute atomic E-state index is 0. The van der Waals surface area contributed by atoms with Crippen molar-refractivity contribution >= 4 is 23.5 Å². The lowest BCUT2D eigenvalue weighted by Crippen LogP contribution is -3.00. The van der Waals surface area contributed by atoms with Crippen molar-refractivity contribution in [2.24, 2.45) is 0 Å². The first-order valence-corrected chi connectivity index (χ1v) is 20.2. The molecule has 0 bridgehead atoms. The Balaban J connectivity index is 0.00000924. The van der Waals surface area contributed by atoms with Gasteiger partial charge in [-0.3, -0.25) is 0 Å². The second-order valence-corrected chi connectivity index (χ2v) is 14.6. The van der Waals surface area contributed by atoms with Gasteiger partial charge in [-0.25, -0.2) is 9.13 Å². The van der Waals surface area contributed by atoms with E-state index >= 15 is 0 Å². The maximum absolute atomic E-state index is 2.37. The molecular formula is C38H66Br2N2S2. The van der Waals surface area contributed by atoms with Crippen molar-refractivity contribution in [2.75, 3.05) is 11.5 Å². The zero-order valence-corrected chi connectivity index (χ0v) is 33.3. The highest BCUT2D eigenvalue weighted by Gasteiger charge is 2.04. The smallest absolute Gasteiger partial charge is 0.169 e. The fourth-order valence-corrected chi connectivity index (χ4v) is 7.62. The first-order chi connectivity index (χ1) is 20.8. The summed E-state index contributed by atoms with van der Waals surface area (Å²) in [5.74, 6) is 4.71. The third kappa shape index (κ3) is 25.1. The fourth-order valence-electron chi connectivity index (χ4n) is 5.53. The molecule has 0 aromatic carbocycles. The molecule has 0 atom stereocenters. The van der Waals surface area contributed by atoms with Crippen LogP contribution in [0.25, 0.3) is 0 Å². The first kappa shape index (κ1) is 44.0. The quantitative estimate of drug-likeness (QED) is 0.0823. The third-order valence-corrected chi connectivity index (χ3v) is 10.7. The lowest BCUT2D eigenvalue weighted by Gasteiger charge is -2.04. The predicted octanol–water partition coefficient (Wildman–Crippen LogP) is 5.28. The Morgan fingerprint density at radius 3 is 0.977 bits per heavy atom. The van der Waals surface area contributed by atoms with Gasteiger partial charge >= 0.3 is 0 Å². The molecule has 0 N–H and O–H groups in total. The molecule has 0 amide bonds. The van der Waals surface area contributed by atoms with Crippen LogP contribution in [0.5, 0.6) is 0 Å². The standard InChI is InChI=1S/C38H66N2S2.2BrH/c1-3-5-7-9-11-13-15-17-19-21-27-39-29-23-37(24-30-39)35-41-33-34-42-36-38-25-31-40(32-26-38)28-22-20-18-16-14-12-10-8-6-4-2;;/h23-26,29-32H,3-22,27-28,33-36H2,1-2H3;2*1H/q+2;;/p-2. The van der Waals surface area contributed by atoms with Crippen LogP contribution in [0.15, 0.2) is 49.1 Å². The molecule has 0 aliphatic heterocycles. The van der Waals surface area contributed by atoms with E-state index in [1.807, 2.05) is 0 Å². The number of thioether (sulfide) groups is 2. The minimum Gasteiger partial charge on any atom is -1.00 e. The average Bonchev–Trinajstić information content (AvgIpc) is 3.02. The third-order valence-electron chi connectivity index (χ3n) is 8.37. The number of hydrogen-bond acceptors (Lipinski definition) is 2. The Bertz CT molecular complexity index is 777. The van der Waals surface area contributed by atoms with E-state index in [0.29, 0.717) is 0 Å². The summed E-state index contributed by atoms with van der Waals surface area (Å²) in [5.41, 5.74) is 2.92. The summed E-state index contributed by atoms with van der Waals surface area (Å²) in [4.78, 5) is 0. The highest BCUT2D eigenvalue weighted by molar-refractivity contribution is 8.02. The Labute approximate surface area is 303 Å². The summed E-state index contributed by atoms with van der Waals surface area (Å²) in [6.45, 7) is 6.92. The van der Waals surface area contributed by atoms with Crippen LogP contribution in [0.4, 0.5) is 0 Å². The first-order valence-electron chi connectivity index (χ1n) is 17.9. The number of rotatable bonds is 29. The summed E-state index contributed by atoms with van der Waals surface area (Å²) < 4.78 is 4.74. The van der Waals surface area contributed by atoms with Gasteiger partial charge in [0.1, 0.15) is 13.1 Å². The van der Waals surface area contributed by atoms with Crippen molar-refractivity contribution in [1.82, 2.24) is 0 Å². The van der Waals surface area contributed by atoms with Gasteiger partial charge < -0.3 is 34.0 Å². The number of halogens is 2. The molecule has 254 valence electrons. The van der Waals surface area contributed by atoms with Crippen molar-refractivity contribution < 1.29 is 43.1 Å². The lowest BCUT2D eigenvalue weighted by atomic mass is 10.1. The van der Waals surface area contributed by atoms with Crippen LogP contribution in [0.2, 0.25) is 0 Å². The Kier molecular flexibility index (Phi) is 32.9. The molecule has 0 saturated carbocycles. The van der Waals surface area contributed by atoms with E-state index in [1.165, 1.54) is 164 Å². The molecule has 0 radical (unpaired) electrons. The molecule has 44 heavy (non-hydrogen) atoms.